The Kier molecular flexibility index (Phi) is 39.2. The lowest BCUT2D eigenvalue weighted by Gasteiger charge is -2.65. The van der Waals surface area contributed by atoms with Gasteiger partial charge in [-0.1, -0.05) is 81.5 Å². The topological polar surface area (TPSA) is 262 Å². The van der Waals surface area contributed by atoms with Gasteiger partial charge in [0.15, 0.2) is 24.3 Å². The molecule has 7 atom stereocenters. The Morgan fingerprint density at radius 3 is 1.61 bits per heavy atom. The minimum Gasteiger partial charge on any atom is -0.463 e. The minimum atomic E-state index is -1.22. The summed E-state index contributed by atoms with van der Waals surface area (Å²) in [5.74, 6) is -1.85. The highest BCUT2D eigenvalue weighted by molar-refractivity contribution is 8.47. The number of rotatable bonds is 48. The molecule has 0 bridgehead atoms. The van der Waals surface area contributed by atoms with Crippen LogP contribution in [0.4, 0.5) is 0 Å². The molecule has 1 fully saturated rings. The fourth-order valence-corrected chi connectivity index (χ4v) is 19.2. The molecule has 3 N–H and O–H groups in total. The third-order valence-corrected chi connectivity index (χ3v) is 24.2. The molecule has 0 aromatic rings. The number of Topliss-reactive ketones (excluding diaryl/α,β-unsaturated/α-hetero) is 1. The van der Waals surface area contributed by atoms with Crippen molar-refractivity contribution in [3.05, 3.63) is 0 Å². The van der Waals surface area contributed by atoms with Gasteiger partial charge < -0.3 is 58.6 Å². The van der Waals surface area contributed by atoms with Crippen molar-refractivity contribution in [2.24, 2.45) is 27.1 Å². The maximum Gasteiger partial charge on any atom is 0.303 e. The van der Waals surface area contributed by atoms with Crippen molar-refractivity contribution in [1.82, 2.24) is 16.0 Å². The molecule has 1 heterocycles. The molecule has 3 amide bonds. The number of hydrogen-bond donors (Lipinski definition) is 3. The van der Waals surface area contributed by atoms with E-state index in [-0.39, 0.29) is 62.5 Å². The van der Waals surface area contributed by atoms with Gasteiger partial charge in [0.25, 0.3) is 0 Å². The van der Waals surface area contributed by atoms with E-state index in [1.807, 2.05) is 62.3 Å². The third kappa shape index (κ3) is 26.4. The molecule has 0 spiro atoms. The summed E-state index contributed by atoms with van der Waals surface area (Å²) < 4.78 is 54.1. The van der Waals surface area contributed by atoms with Crippen molar-refractivity contribution in [3.63, 3.8) is 0 Å². The van der Waals surface area contributed by atoms with E-state index in [2.05, 4.69) is 98.2 Å². The molecule has 1 aliphatic rings. The highest BCUT2D eigenvalue weighted by atomic mass is 32.2. The van der Waals surface area contributed by atoms with Crippen molar-refractivity contribution < 1.29 is 76.2 Å². The number of amides is 3. The summed E-state index contributed by atoms with van der Waals surface area (Å²) in [6.45, 7) is 48.7. The Labute approximate surface area is 599 Å². The minimum absolute atomic E-state index is 0.0599. The van der Waals surface area contributed by atoms with Crippen LogP contribution in [0.2, 0.25) is 0 Å². The van der Waals surface area contributed by atoms with Crippen LogP contribution in [0, 0.1) is 38.4 Å². The molecule has 0 radical (unpaired) electrons. The van der Waals surface area contributed by atoms with Gasteiger partial charge in [-0.05, 0) is 188 Å². The van der Waals surface area contributed by atoms with Gasteiger partial charge in [-0.25, -0.2) is 0 Å². The maximum absolute atomic E-state index is 16.4. The highest BCUT2D eigenvalue weighted by Crippen LogP contribution is 2.70. The van der Waals surface area contributed by atoms with E-state index in [4.69, 9.17) is 54.8 Å². The number of ether oxygens (including phenoxy) is 9. The number of carbonyl (C=O) groups is 7. The van der Waals surface area contributed by atoms with E-state index >= 15 is 4.79 Å². The lowest BCUT2D eigenvalue weighted by atomic mass is 9.40. The first-order valence-corrected chi connectivity index (χ1v) is 38.2. The number of nitrogens with one attached hydrogen (secondary N) is 3. The summed E-state index contributed by atoms with van der Waals surface area (Å²) in [5.41, 5.74) is -6.35. The van der Waals surface area contributed by atoms with Crippen molar-refractivity contribution in [2.75, 3.05) is 58.5 Å². The quantitative estimate of drug-likeness (QED) is 0.0221. The van der Waals surface area contributed by atoms with Gasteiger partial charge in [-0.3, -0.25) is 33.6 Å². The molecule has 1 rings (SSSR count). The number of nitrogens with zero attached hydrogens (tertiary/aromatic N) is 1. The first-order chi connectivity index (χ1) is 45.1. The number of unbranched alkanes of at least 4 members (excludes halogenated alkanes) is 2. The Morgan fingerprint density at radius 2 is 1.10 bits per heavy atom. The molecule has 562 valence electrons. The molecular weight excluding hydrogens is 1300 g/mol. The van der Waals surface area contributed by atoms with Crippen molar-refractivity contribution in [3.8, 4) is 6.07 Å². The molecule has 23 heteroatoms. The van der Waals surface area contributed by atoms with Crippen LogP contribution in [0.25, 0.3) is 0 Å². The van der Waals surface area contributed by atoms with Crippen LogP contribution in [0.1, 0.15) is 275 Å². The standard InChI is InChI=1S/C74H132N4O16S3/c1-25-71(26-2,50-70(24,63(85)68(21,22)91-48-47-88-65(14,15)16)73(29-5,30-6)74(31-7,32-8)97-64(95)96-33-9)72(27-3,28-4)69(23,51-75)39-37-57(83)77-43-40-66(17,18)90-46-41-67(19,20)89-45-38-58(84)76-42-35-34-36-44-86-62-59(78-52(10)79)61(93-55(13)82)60(92-54(12)81)56(94-62)49-87-53(11)80/h56,59-62H,25-50H2,1-24H3,(H,76,84)(H,77,83)(H,78,79). The molecule has 0 aromatic carbocycles. The summed E-state index contributed by atoms with van der Waals surface area (Å²) in [6, 6.07) is 1.80. The van der Waals surface area contributed by atoms with Gasteiger partial charge in [0.2, 0.25) is 17.7 Å². The van der Waals surface area contributed by atoms with Crippen LogP contribution in [0.3, 0.4) is 0 Å². The smallest absolute Gasteiger partial charge is 0.303 e. The Balaban J connectivity index is 3.12. The van der Waals surface area contributed by atoms with Crippen LogP contribution < -0.4 is 16.0 Å². The largest absolute Gasteiger partial charge is 0.463 e. The molecule has 1 aliphatic heterocycles. The van der Waals surface area contributed by atoms with Crippen molar-refractivity contribution >= 4 is 80.7 Å². The first kappa shape index (κ1) is 91.5. The molecule has 7 unspecified atom stereocenters. The zero-order valence-corrected chi connectivity index (χ0v) is 66.9. The molecule has 20 nitrogen and oxygen atoms in total. The summed E-state index contributed by atoms with van der Waals surface area (Å²) in [6.07, 6.45) is 5.39. The SMILES string of the molecule is CCSC(=S)SC(CC)(CC)C(CC)(CC)C(C)(CC(CC)(CC)C(CC)(CC)C(C)(C#N)CCC(=O)NCCC(C)(C)OCCC(C)(C)OCCC(=O)NCCCCCOC1OC(COC(C)=O)C(OC(C)=O)C(OC(C)=O)C1NC(C)=O)C(=O)C(C)(C)OCCOC(C)(C)C. The second kappa shape index (κ2) is 41.6. The fraction of sp³-hybridized carbons (Fsp3) is 0.878. The normalized spacial score (nSPS) is 18.8. The summed E-state index contributed by atoms with van der Waals surface area (Å²) in [4.78, 5) is 91.5. The first-order valence-electron chi connectivity index (χ1n) is 36.0. The number of thioether (sulfide) groups is 2. The predicted molar refractivity (Wildman–Crippen MR) is 391 cm³/mol. The highest BCUT2D eigenvalue weighted by Gasteiger charge is 2.68. The fourth-order valence-electron chi connectivity index (χ4n) is 15.7. The van der Waals surface area contributed by atoms with Crippen LogP contribution >= 0.6 is 35.7 Å². The number of nitriles is 1. The maximum atomic E-state index is 16.4. The number of esters is 3. The third-order valence-electron chi connectivity index (χ3n) is 20.9. The Morgan fingerprint density at radius 1 is 0.567 bits per heavy atom. The number of ketones is 1. The molecule has 0 saturated carbocycles. The van der Waals surface area contributed by atoms with E-state index in [1.165, 1.54) is 27.7 Å². The van der Waals surface area contributed by atoms with Crippen LogP contribution in [-0.2, 0) is 76.2 Å². The average Bonchev–Trinajstić information content (AvgIpc) is 0.698. The molecular formula is C74H132N4O16S3. The lowest BCUT2D eigenvalue weighted by Crippen LogP contribution is -2.66. The van der Waals surface area contributed by atoms with Crippen LogP contribution in [0.15, 0.2) is 0 Å². The Bertz CT molecular complexity index is 2520. The predicted octanol–water partition coefficient (Wildman–Crippen LogP) is 14.5. The van der Waals surface area contributed by atoms with Gasteiger partial charge in [-0.2, -0.15) is 5.26 Å². The van der Waals surface area contributed by atoms with Gasteiger partial charge in [0.05, 0.1) is 54.7 Å². The summed E-state index contributed by atoms with van der Waals surface area (Å²) >= 11 is 9.64. The lowest BCUT2D eigenvalue weighted by molar-refractivity contribution is -0.277. The van der Waals surface area contributed by atoms with Gasteiger partial charge >= 0.3 is 17.9 Å². The van der Waals surface area contributed by atoms with E-state index in [1.54, 1.807) is 23.5 Å². The van der Waals surface area contributed by atoms with E-state index in [0.29, 0.717) is 84.1 Å². The van der Waals surface area contributed by atoms with E-state index in [9.17, 15) is 34.0 Å². The summed E-state index contributed by atoms with van der Waals surface area (Å²) in [7, 11) is 0. The van der Waals surface area contributed by atoms with Crippen molar-refractivity contribution in [1.29, 1.82) is 5.26 Å². The molecule has 0 aromatic heterocycles. The number of carbonyl (C=O) groups excluding carboxylic acids is 7. The van der Waals surface area contributed by atoms with E-state index in [0.717, 1.165) is 47.8 Å². The second-order valence-electron chi connectivity index (χ2n) is 29.5. The molecule has 1 saturated heterocycles. The second-order valence-corrected chi connectivity index (χ2v) is 33.3. The van der Waals surface area contributed by atoms with E-state index < -0.39 is 103 Å². The van der Waals surface area contributed by atoms with Gasteiger partial charge in [-0.15, -0.1) is 23.5 Å². The number of thiocarbonyl (C=S) groups is 1. The van der Waals surface area contributed by atoms with Gasteiger partial charge in [0.1, 0.15) is 27.9 Å². The van der Waals surface area contributed by atoms with Gasteiger partial charge in [0, 0.05) is 70.4 Å². The molecule has 0 aliphatic carbocycles. The Hall–Kier alpha value is -3.47. The average molecular weight is 1430 g/mol. The number of hydrogen-bond acceptors (Lipinski definition) is 20. The zero-order valence-electron chi connectivity index (χ0n) is 64.5. The van der Waals surface area contributed by atoms with Crippen LogP contribution in [-0.4, -0.2) is 161 Å². The monoisotopic (exact) mass is 1430 g/mol. The van der Waals surface area contributed by atoms with Crippen LogP contribution in [0.5, 0.6) is 0 Å². The summed E-state index contributed by atoms with van der Waals surface area (Å²) in [5, 5.41) is 20.4. The molecule has 97 heavy (non-hydrogen) atoms. The zero-order chi connectivity index (χ0) is 74.5. The van der Waals surface area contributed by atoms with Crippen molar-refractivity contribution in [2.45, 2.75) is 333 Å².